The third-order valence-corrected chi connectivity index (χ3v) is 2.90. The highest BCUT2D eigenvalue weighted by molar-refractivity contribution is 7.80. The Morgan fingerprint density at radius 1 is 1.32 bits per heavy atom. The van der Waals surface area contributed by atoms with Crippen LogP contribution < -0.4 is 5.73 Å². The number of imidazole rings is 1. The molecule has 0 spiro atoms. The molecule has 2 N–H and O–H groups in total. The summed E-state index contributed by atoms with van der Waals surface area (Å²) in [6, 6.07) is 2.22. The van der Waals surface area contributed by atoms with Gasteiger partial charge in [0.1, 0.15) is 5.82 Å². The number of halogens is 2. The molecule has 19 heavy (non-hydrogen) atoms. The Morgan fingerprint density at radius 2 is 1.89 bits per heavy atom. The Balaban J connectivity index is 2.77. The molecular weight excluding hydrogens is 268 g/mol. The fourth-order valence-corrected chi connectivity index (χ4v) is 2.14. The maximum absolute atomic E-state index is 13.4. The average Bonchev–Trinajstić information content (AvgIpc) is 2.57. The molecule has 0 fully saturated rings. The van der Waals surface area contributed by atoms with Crippen molar-refractivity contribution in [3.05, 3.63) is 29.6 Å². The summed E-state index contributed by atoms with van der Waals surface area (Å²) in [4.78, 5) is 4.65. The van der Waals surface area contributed by atoms with Gasteiger partial charge in [0.2, 0.25) is 0 Å². The van der Waals surface area contributed by atoms with Crippen molar-refractivity contribution in [1.29, 1.82) is 0 Å². The topological polar surface area (TPSA) is 43.8 Å². The van der Waals surface area contributed by atoms with Crippen molar-refractivity contribution in [3.63, 3.8) is 0 Å². The summed E-state index contributed by atoms with van der Waals surface area (Å²) in [5, 5.41) is 0. The molecule has 0 saturated heterocycles. The molecular formula is C13H15F2N3S. The van der Waals surface area contributed by atoms with Crippen LogP contribution in [0.1, 0.15) is 26.6 Å². The molecule has 102 valence electrons. The van der Waals surface area contributed by atoms with Gasteiger partial charge in [-0.15, -0.1) is 0 Å². The number of rotatable bonds is 2. The van der Waals surface area contributed by atoms with Gasteiger partial charge in [-0.3, -0.25) is 0 Å². The molecule has 0 atom stereocenters. The van der Waals surface area contributed by atoms with Crippen LogP contribution in [-0.4, -0.2) is 14.5 Å². The average molecular weight is 283 g/mol. The number of hydrogen-bond acceptors (Lipinski definition) is 2. The molecule has 0 bridgehead atoms. The zero-order chi connectivity index (χ0) is 14.4. The minimum absolute atomic E-state index is 0.253. The van der Waals surface area contributed by atoms with Gasteiger partial charge in [0.05, 0.1) is 22.6 Å². The number of nitrogens with two attached hydrogens (primary N) is 1. The highest BCUT2D eigenvalue weighted by atomic mass is 32.1. The first-order valence-electron chi connectivity index (χ1n) is 5.84. The number of hydrogen-bond donors (Lipinski definition) is 1. The normalized spacial score (nSPS) is 12.1. The highest BCUT2D eigenvalue weighted by Crippen LogP contribution is 2.27. The monoisotopic (exact) mass is 283 g/mol. The molecule has 0 radical (unpaired) electrons. The second kappa shape index (κ2) is 4.52. The minimum Gasteiger partial charge on any atom is -0.392 e. The van der Waals surface area contributed by atoms with Gasteiger partial charge in [0.25, 0.3) is 0 Å². The second-order valence-corrected chi connectivity index (χ2v) is 6.02. The van der Waals surface area contributed by atoms with Crippen LogP contribution in [0.2, 0.25) is 0 Å². The number of fused-ring (bicyclic) bond motifs is 1. The quantitative estimate of drug-likeness (QED) is 0.862. The van der Waals surface area contributed by atoms with E-state index in [0.29, 0.717) is 16.9 Å². The maximum Gasteiger partial charge on any atom is 0.161 e. The summed E-state index contributed by atoms with van der Waals surface area (Å²) in [7, 11) is 0. The molecule has 0 aliphatic rings. The van der Waals surface area contributed by atoms with Gasteiger partial charge in [-0.25, -0.2) is 13.8 Å². The van der Waals surface area contributed by atoms with Gasteiger partial charge < -0.3 is 10.3 Å². The third kappa shape index (κ3) is 2.58. The molecule has 3 nitrogen and oxygen atoms in total. The summed E-state index contributed by atoms with van der Waals surface area (Å²) < 4.78 is 28.4. The number of aromatic nitrogens is 2. The van der Waals surface area contributed by atoms with E-state index in [-0.39, 0.29) is 16.9 Å². The lowest BCUT2D eigenvalue weighted by Gasteiger charge is -2.19. The molecule has 0 aliphatic heterocycles. The third-order valence-electron chi connectivity index (χ3n) is 2.78. The molecule has 0 amide bonds. The SMILES string of the molecule is CC(C)(C)c1nc2cc(F)c(F)cc2n1CC(N)=S. The maximum atomic E-state index is 13.4. The van der Waals surface area contributed by atoms with Crippen LogP contribution in [0, 0.1) is 11.6 Å². The predicted molar refractivity (Wildman–Crippen MR) is 75.1 cm³/mol. The summed E-state index contributed by atoms with van der Waals surface area (Å²) in [5.74, 6) is -1.12. The Hall–Kier alpha value is -1.56. The fourth-order valence-electron chi connectivity index (χ4n) is 2.01. The Morgan fingerprint density at radius 3 is 2.42 bits per heavy atom. The first-order chi connectivity index (χ1) is 8.70. The summed E-state index contributed by atoms with van der Waals surface area (Å²) in [6.07, 6.45) is 0. The van der Waals surface area contributed by atoms with E-state index in [9.17, 15) is 8.78 Å². The largest absolute Gasteiger partial charge is 0.392 e. The molecule has 1 heterocycles. The van der Waals surface area contributed by atoms with Gasteiger partial charge in [0, 0.05) is 17.5 Å². The lowest BCUT2D eigenvalue weighted by Crippen LogP contribution is -2.24. The van der Waals surface area contributed by atoms with Crippen molar-refractivity contribution in [1.82, 2.24) is 9.55 Å². The smallest absolute Gasteiger partial charge is 0.161 e. The van der Waals surface area contributed by atoms with Crippen molar-refractivity contribution >= 4 is 28.2 Å². The minimum atomic E-state index is -0.909. The van der Waals surface area contributed by atoms with Crippen LogP contribution >= 0.6 is 12.2 Å². The molecule has 0 saturated carbocycles. The standard InChI is InChI=1S/C13H15F2N3S/c1-13(2,3)12-17-9-4-7(14)8(15)5-10(9)18(12)6-11(16)19/h4-5H,6H2,1-3H3,(H2,16,19). The van der Waals surface area contributed by atoms with Crippen LogP contribution in [0.15, 0.2) is 12.1 Å². The molecule has 1 aromatic heterocycles. The highest BCUT2D eigenvalue weighted by Gasteiger charge is 2.24. The summed E-state index contributed by atoms with van der Waals surface area (Å²) in [5.41, 5.74) is 6.19. The van der Waals surface area contributed by atoms with Crippen LogP contribution in [0.25, 0.3) is 11.0 Å². The first-order valence-corrected chi connectivity index (χ1v) is 6.25. The molecule has 6 heteroatoms. The van der Waals surface area contributed by atoms with Crippen LogP contribution in [0.5, 0.6) is 0 Å². The summed E-state index contributed by atoms with van der Waals surface area (Å²) >= 11 is 4.91. The van der Waals surface area contributed by atoms with Crippen molar-refractivity contribution in [2.45, 2.75) is 32.7 Å². The van der Waals surface area contributed by atoms with E-state index in [0.717, 1.165) is 12.1 Å². The van der Waals surface area contributed by atoms with Gasteiger partial charge in [0.15, 0.2) is 11.6 Å². The lowest BCUT2D eigenvalue weighted by molar-refractivity contribution is 0.509. The van der Waals surface area contributed by atoms with Gasteiger partial charge in [-0.1, -0.05) is 33.0 Å². The van der Waals surface area contributed by atoms with Crippen LogP contribution in [-0.2, 0) is 12.0 Å². The number of nitrogens with zero attached hydrogens (tertiary/aromatic N) is 2. The Bertz CT molecular complexity index is 656. The molecule has 0 unspecified atom stereocenters. The molecule has 2 rings (SSSR count). The zero-order valence-electron chi connectivity index (χ0n) is 11.0. The van der Waals surface area contributed by atoms with E-state index < -0.39 is 11.6 Å². The first kappa shape index (κ1) is 13.9. The van der Waals surface area contributed by atoms with E-state index in [2.05, 4.69) is 4.98 Å². The number of thiocarbonyl (C=S) groups is 1. The van der Waals surface area contributed by atoms with Crippen molar-refractivity contribution in [2.75, 3.05) is 0 Å². The molecule has 2 aromatic rings. The van der Waals surface area contributed by atoms with Crippen LogP contribution in [0.3, 0.4) is 0 Å². The Kier molecular flexibility index (Phi) is 3.30. The predicted octanol–water partition coefficient (Wildman–Crippen LogP) is 2.90. The molecule has 1 aromatic carbocycles. The number of benzene rings is 1. The van der Waals surface area contributed by atoms with Gasteiger partial charge in [-0.2, -0.15) is 0 Å². The van der Waals surface area contributed by atoms with Crippen molar-refractivity contribution in [3.8, 4) is 0 Å². The van der Waals surface area contributed by atoms with E-state index in [1.807, 2.05) is 20.8 Å². The van der Waals surface area contributed by atoms with Crippen molar-refractivity contribution in [2.24, 2.45) is 5.73 Å². The lowest BCUT2D eigenvalue weighted by atomic mass is 9.95. The van der Waals surface area contributed by atoms with E-state index >= 15 is 0 Å². The Labute approximate surface area is 115 Å². The van der Waals surface area contributed by atoms with E-state index in [1.165, 1.54) is 0 Å². The second-order valence-electron chi connectivity index (χ2n) is 5.49. The zero-order valence-corrected chi connectivity index (χ0v) is 11.8. The molecule has 0 aliphatic carbocycles. The van der Waals surface area contributed by atoms with Crippen LogP contribution in [0.4, 0.5) is 8.78 Å². The summed E-state index contributed by atoms with van der Waals surface area (Å²) in [6.45, 7) is 6.16. The van der Waals surface area contributed by atoms with E-state index in [1.54, 1.807) is 4.57 Å². The fraction of sp³-hybridized carbons (Fsp3) is 0.385. The van der Waals surface area contributed by atoms with Crippen molar-refractivity contribution < 1.29 is 8.78 Å². The van der Waals surface area contributed by atoms with Gasteiger partial charge in [-0.05, 0) is 0 Å². The van der Waals surface area contributed by atoms with E-state index in [4.69, 9.17) is 18.0 Å². The van der Waals surface area contributed by atoms with Gasteiger partial charge >= 0.3 is 0 Å².